The van der Waals surface area contributed by atoms with Crippen molar-refractivity contribution in [3.8, 4) is 11.5 Å². The number of benzene rings is 1. The maximum Gasteiger partial charge on any atom is 0.488 e. The molecular formula is C8H6FNO5S. The summed E-state index contributed by atoms with van der Waals surface area (Å²) in [7, 11) is -5.13. The number of carbonyl (C=O) groups is 1. The number of rotatable bonds is 2. The summed E-state index contributed by atoms with van der Waals surface area (Å²) < 4.78 is 42.0. The Hall–Kier alpha value is -1.83. The van der Waals surface area contributed by atoms with Gasteiger partial charge in [0.1, 0.15) is 11.4 Å². The monoisotopic (exact) mass is 247 g/mol. The van der Waals surface area contributed by atoms with E-state index in [0.29, 0.717) is 0 Å². The molecule has 0 unspecified atom stereocenters. The lowest BCUT2D eigenvalue weighted by Crippen LogP contribution is -2.25. The summed E-state index contributed by atoms with van der Waals surface area (Å²) in [6.45, 7) is -0.182. The maximum absolute atomic E-state index is 12.3. The van der Waals surface area contributed by atoms with Crippen LogP contribution in [-0.4, -0.2) is 20.9 Å². The van der Waals surface area contributed by atoms with Crippen molar-refractivity contribution in [1.29, 1.82) is 0 Å². The molecule has 0 atom stereocenters. The Morgan fingerprint density at radius 1 is 1.44 bits per heavy atom. The predicted molar refractivity (Wildman–Crippen MR) is 51.2 cm³/mol. The Labute approximate surface area is 90.4 Å². The summed E-state index contributed by atoms with van der Waals surface area (Å²) in [6, 6.07) is 4.11. The molecule has 0 radical (unpaired) electrons. The van der Waals surface area contributed by atoms with Gasteiger partial charge in [-0.1, -0.05) is 9.95 Å². The summed E-state index contributed by atoms with van der Waals surface area (Å²) in [5.41, 5.74) is -0.0000231. The number of halogens is 1. The van der Waals surface area contributed by atoms with Crippen molar-refractivity contribution in [3.63, 3.8) is 0 Å². The molecule has 1 aromatic carbocycles. The fourth-order valence-electron chi connectivity index (χ4n) is 1.25. The van der Waals surface area contributed by atoms with Crippen molar-refractivity contribution in [3.05, 3.63) is 18.2 Å². The standard InChI is InChI=1S/C8H6FNO5S/c9-16(12,13)15-6-3-1-2-5-8(6)10-7(11)4-14-5/h1-3H,4H2,(H,10,11). The molecule has 0 aromatic heterocycles. The van der Waals surface area contributed by atoms with E-state index in [9.17, 15) is 17.1 Å². The molecular weight excluding hydrogens is 241 g/mol. The average Bonchev–Trinajstić information content (AvgIpc) is 2.17. The van der Waals surface area contributed by atoms with Crippen LogP contribution in [0.1, 0.15) is 0 Å². The quantitative estimate of drug-likeness (QED) is 0.774. The molecule has 0 saturated heterocycles. The molecule has 2 rings (SSSR count). The third-order valence-corrected chi connectivity index (χ3v) is 2.18. The smallest absolute Gasteiger partial charge is 0.481 e. The number of fused-ring (bicyclic) bond motifs is 1. The molecule has 1 heterocycles. The van der Waals surface area contributed by atoms with Gasteiger partial charge in [0.15, 0.2) is 12.4 Å². The molecule has 0 spiro atoms. The van der Waals surface area contributed by atoms with Crippen molar-refractivity contribution in [1.82, 2.24) is 0 Å². The Kier molecular flexibility index (Phi) is 2.43. The SMILES string of the molecule is O=C1COc2cccc(OS(=O)(=O)F)c2N1. The number of amides is 1. The molecule has 1 N–H and O–H groups in total. The van der Waals surface area contributed by atoms with Crippen LogP contribution in [0, 0.1) is 0 Å². The highest BCUT2D eigenvalue weighted by molar-refractivity contribution is 7.81. The van der Waals surface area contributed by atoms with Gasteiger partial charge in [0.05, 0.1) is 0 Å². The van der Waals surface area contributed by atoms with Crippen molar-refractivity contribution >= 4 is 22.1 Å². The first kappa shape index (κ1) is 10.7. The normalized spacial score (nSPS) is 14.7. The van der Waals surface area contributed by atoms with Gasteiger partial charge in [-0.15, -0.1) is 0 Å². The Bertz CT molecular complexity index is 541. The molecule has 0 aliphatic carbocycles. The first-order chi connectivity index (χ1) is 7.46. The molecule has 1 aromatic rings. The molecule has 0 saturated carbocycles. The third-order valence-electron chi connectivity index (χ3n) is 1.80. The molecule has 86 valence electrons. The van der Waals surface area contributed by atoms with Crippen LogP contribution in [0.15, 0.2) is 18.2 Å². The fourth-order valence-corrected chi connectivity index (χ4v) is 1.60. The highest BCUT2D eigenvalue weighted by atomic mass is 32.3. The number of anilines is 1. The van der Waals surface area contributed by atoms with Crippen LogP contribution < -0.4 is 14.2 Å². The largest absolute Gasteiger partial charge is 0.488 e. The van der Waals surface area contributed by atoms with Crippen molar-refractivity contribution in [2.45, 2.75) is 0 Å². The lowest BCUT2D eigenvalue weighted by atomic mass is 10.2. The van der Waals surface area contributed by atoms with Crippen molar-refractivity contribution in [2.75, 3.05) is 11.9 Å². The topological polar surface area (TPSA) is 81.7 Å². The minimum absolute atomic E-state index is 0.0000231. The summed E-state index contributed by atoms with van der Waals surface area (Å²) >= 11 is 0. The number of hydrogen-bond donors (Lipinski definition) is 1. The van der Waals surface area contributed by atoms with E-state index in [1.165, 1.54) is 18.2 Å². The average molecular weight is 247 g/mol. The Morgan fingerprint density at radius 3 is 2.88 bits per heavy atom. The van der Waals surface area contributed by atoms with Crippen molar-refractivity contribution in [2.24, 2.45) is 0 Å². The van der Waals surface area contributed by atoms with Gasteiger partial charge >= 0.3 is 10.5 Å². The fraction of sp³-hybridized carbons (Fsp3) is 0.125. The molecule has 16 heavy (non-hydrogen) atoms. The van der Waals surface area contributed by atoms with Crippen LogP contribution in [0.5, 0.6) is 11.5 Å². The van der Waals surface area contributed by atoms with Crippen LogP contribution >= 0.6 is 0 Å². The van der Waals surface area contributed by atoms with Gasteiger partial charge in [-0.05, 0) is 12.1 Å². The molecule has 0 fully saturated rings. The van der Waals surface area contributed by atoms with E-state index in [1.807, 2.05) is 0 Å². The van der Waals surface area contributed by atoms with Crippen LogP contribution in [0.25, 0.3) is 0 Å². The van der Waals surface area contributed by atoms with Crippen LogP contribution in [-0.2, 0) is 15.3 Å². The van der Waals surface area contributed by atoms with E-state index in [-0.39, 0.29) is 23.8 Å². The zero-order chi connectivity index (χ0) is 11.8. The van der Waals surface area contributed by atoms with Gasteiger partial charge in [0, 0.05) is 0 Å². The van der Waals surface area contributed by atoms with Crippen LogP contribution in [0.3, 0.4) is 0 Å². The first-order valence-corrected chi connectivity index (χ1v) is 5.46. The molecule has 0 bridgehead atoms. The summed E-state index contributed by atoms with van der Waals surface area (Å²) in [4.78, 5) is 11.0. The van der Waals surface area contributed by atoms with E-state index in [1.54, 1.807) is 0 Å². The van der Waals surface area contributed by atoms with E-state index >= 15 is 0 Å². The number of para-hydroxylation sites is 1. The van der Waals surface area contributed by atoms with Crippen LogP contribution in [0.4, 0.5) is 9.57 Å². The zero-order valence-electron chi connectivity index (χ0n) is 7.77. The summed E-state index contributed by atoms with van der Waals surface area (Å²) in [5, 5.41) is 2.33. The van der Waals surface area contributed by atoms with E-state index in [2.05, 4.69) is 9.50 Å². The summed E-state index contributed by atoms with van der Waals surface area (Å²) in [6.07, 6.45) is 0. The first-order valence-electron chi connectivity index (χ1n) is 4.15. The van der Waals surface area contributed by atoms with Gasteiger partial charge in [0.2, 0.25) is 0 Å². The second-order valence-corrected chi connectivity index (χ2v) is 3.90. The molecule has 1 amide bonds. The van der Waals surface area contributed by atoms with Crippen molar-refractivity contribution < 1.29 is 26.0 Å². The number of hydrogen-bond acceptors (Lipinski definition) is 5. The summed E-state index contributed by atoms with van der Waals surface area (Å²) in [5.74, 6) is -0.575. The highest BCUT2D eigenvalue weighted by Gasteiger charge is 2.22. The lowest BCUT2D eigenvalue weighted by Gasteiger charge is -2.19. The molecule has 1 aliphatic rings. The maximum atomic E-state index is 12.3. The Morgan fingerprint density at radius 2 is 2.19 bits per heavy atom. The zero-order valence-corrected chi connectivity index (χ0v) is 8.58. The van der Waals surface area contributed by atoms with Gasteiger partial charge in [0.25, 0.3) is 5.91 Å². The van der Waals surface area contributed by atoms with Gasteiger partial charge in [-0.2, -0.15) is 8.42 Å². The minimum Gasteiger partial charge on any atom is -0.481 e. The van der Waals surface area contributed by atoms with Gasteiger partial charge in [-0.25, -0.2) is 0 Å². The van der Waals surface area contributed by atoms with Crippen LogP contribution in [0.2, 0.25) is 0 Å². The molecule has 1 aliphatic heterocycles. The number of nitrogens with one attached hydrogen (secondary N) is 1. The van der Waals surface area contributed by atoms with Gasteiger partial charge < -0.3 is 14.2 Å². The number of ether oxygens (including phenoxy) is 1. The second-order valence-electron chi connectivity index (χ2n) is 2.94. The lowest BCUT2D eigenvalue weighted by molar-refractivity contribution is -0.118. The minimum atomic E-state index is -5.13. The number of carbonyl (C=O) groups excluding carboxylic acids is 1. The molecule has 8 heteroatoms. The van der Waals surface area contributed by atoms with E-state index in [0.717, 1.165) is 0 Å². The second kappa shape index (κ2) is 3.63. The predicted octanol–water partition coefficient (Wildman–Crippen LogP) is 0.611. The van der Waals surface area contributed by atoms with E-state index in [4.69, 9.17) is 4.74 Å². The molecule has 6 nitrogen and oxygen atoms in total. The van der Waals surface area contributed by atoms with Gasteiger partial charge in [-0.3, -0.25) is 4.79 Å². The third kappa shape index (κ3) is 2.22. The van der Waals surface area contributed by atoms with E-state index < -0.39 is 16.4 Å². The highest BCUT2D eigenvalue weighted by Crippen LogP contribution is 2.37. The Balaban J connectivity index is 2.43.